The van der Waals surface area contributed by atoms with Crippen molar-refractivity contribution in [3.8, 4) is 0 Å². The van der Waals surface area contributed by atoms with Crippen molar-refractivity contribution in [1.82, 2.24) is 5.16 Å². The molecule has 78 valence electrons. The smallest absolute Gasteiger partial charge is 0.309 e. The second kappa shape index (κ2) is 3.34. The Labute approximate surface area is 84.3 Å². The molecule has 0 radical (unpaired) electrons. The Morgan fingerprint density at radius 2 is 2.33 bits per heavy atom. The van der Waals surface area contributed by atoms with Gasteiger partial charge in [0.15, 0.2) is 5.58 Å². The van der Waals surface area contributed by atoms with Gasteiger partial charge < -0.3 is 9.63 Å². The maximum atomic E-state index is 13.1. The molecule has 0 aliphatic carbocycles. The van der Waals surface area contributed by atoms with Crippen LogP contribution < -0.4 is 0 Å². The van der Waals surface area contributed by atoms with E-state index in [9.17, 15) is 9.18 Å². The Hall–Kier alpha value is -1.91. The first-order valence-corrected chi connectivity index (χ1v) is 4.34. The lowest BCUT2D eigenvalue weighted by Gasteiger charge is -1.94. The van der Waals surface area contributed by atoms with Crippen LogP contribution in [0.3, 0.4) is 0 Å². The summed E-state index contributed by atoms with van der Waals surface area (Å²) >= 11 is 0. The highest BCUT2D eigenvalue weighted by Gasteiger charge is 2.14. The van der Waals surface area contributed by atoms with Gasteiger partial charge in [-0.25, -0.2) is 4.39 Å². The van der Waals surface area contributed by atoms with Gasteiger partial charge in [0.05, 0.1) is 6.42 Å². The molecule has 0 amide bonds. The normalized spacial score (nSPS) is 10.8. The number of carboxylic acids is 1. The first kappa shape index (κ1) is 9.64. The van der Waals surface area contributed by atoms with Gasteiger partial charge in [-0.2, -0.15) is 0 Å². The van der Waals surface area contributed by atoms with Crippen LogP contribution >= 0.6 is 0 Å². The molecule has 0 bridgehead atoms. The molecule has 1 heterocycles. The molecular formula is C10H8FNO3. The van der Waals surface area contributed by atoms with Crippen LogP contribution in [-0.2, 0) is 11.2 Å². The summed E-state index contributed by atoms with van der Waals surface area (Å²) in [6.45, 7) is 1.68. The number of aromatic nitrogens is 1. The Morgan fingerprint density at radius 3 is 3.00 bits per heavy atom. The molecule has 4 nitrogen and oxygen atoms in total. The van der Waals surface area contributed by atoms with Gasteiger partial charge in [-0.05, 0) is 24.6 Å². The number of carbonyl (C=O) groups is 1. The minimum atomic E-state index is -1.02. The molecule has 0 spiro atoms. The van der Waals surface area contributed by atoms with Crippen molar-refractivity contribution in [2.75, 3.05) is 0 Å². The van der Waals surface area contributed by atoms with Crippen LogP contribution in [0.1, 0.15) is 11.3 Å². The standard InChI is InChI=1S/C10H8FNO3/c1-5-2-6(11)3-7-8(4-9(13)14)12-15-10(5)7/h2-3H,4H2,1H3,(H,13,14). The summed E-state index contributed by atoms with van der Waals surface area (Å²) in [5.41, 5.74) is 1.29. The minimum Gasteiger partial charge on any atom is -0.481 e. The van der Waals surface area contributed by atoms with Gasteiger partial charge in [0.25, 0.3) is 0 Å². The summed E-state index contributed by atoms with van der Waals surface area (Å²) < 4.78 is 18.0. The lowest BCUT2D eigenvalue weighted by molar-refractivity contribution is -0.136. The molecule has 0 unspecified atom stereocenters. The number of carboxylic acid groups (broad SMARTS) is 1. The van der Waals surface area contributed by atoms with Crippen molar-refractivity contribution < 1.29 is 18.8 Å². The van der Waals surface area contributed by atoms with Crippen LogP contribution in [0.2, 0.25) is 0 Å². The van der Waals surface area contributed by atoms with E-state index in [1.807, 2.05) is 0 Å². The van der Waals surface area contributed by atoms with Crippen molar-refractivity contribution >= 4 is 16.9 Å². The van der Waals surface area contributed by atoms with Crippen LogP contribution in [0.25, 0.3) is 11.0 Å². The number of halogens is 1. The van der Waals surface area contributed by atoms with Crippen LogP contribution in [0, 0.1) is 12.7 Å². The molecule has 1 N–H and O–H groups in total. The SMILES string of the molecule is Cc1cc(F)cc2c(CC(=O)O)noc12. The number of aliphatic carboxylic acids is 1. The zero-order valence-electron chi connectivity index (χ0n) is 7.95. The summed E-state index contributed by atoms with van der Waals surface area (Å²) in [7, 11) is 0. The maximum Gasteiger partial charge on any atom is 0.309 e. The van der Waals surface area contributed by atoms with E-state index in [1.54, 1.807) is 6.92 Å². The van der Waals surface area contributed by atoms with Gasteiger partial charge in [-0.3, -0.25) is 4.79 Å². The van der Waals surface area contributed by atoms with E-state index in [1.165, 1.54) is 12.1 Å². The second-order valence-electron chi connectivity index (χ2n) is 3.30. The Bertz CT molecular complexity index is 533. The van der Waals surface area contributed by atoms with E-state index in [2.05, 4.69) is 5.16 Å². The first-order chi connectivity index (χ1) is 7.08. The topological polar surface area (TPSA) is 63.3 Å². The highest BCUT2D eigenvalue weighted by molar-refractivity contribution is 5.85. The van der Waals surface area contributed by atoms with Crippen molar-refractivity contribution in [3.05, 3.63) is 29.2 Å². The van der Waals surface area contributed by atoms with Crippen molar-refractivity contribution in [2.45, 2.75) is 13.3 Å². The fourth-order valence-corrected chi connectivity index (χ4v) is 1.49. The fraction of sp³-hybridized carbons (Fsp3) is 0.200. The number of rotatable bonds is 2. The van der Waals surface area contributed by atoms with Gasteiger partial charge >= 0.3 is 5.97 Å². The lowest BCUT2D eigenvalue weighted by Crippen LogP contribution is -2.00. The third-order valence-corrected chi connectivity index (χ3v) is 2.12. The average molecular weight is 209 g/mol. The lowest BCUT2D eigenvalue weighted by atomic mass is 10.1. The van der Waals surface area contributed by atoms with Gasteiger partial charge in [-0.1, -0.05) is 5.16 Å². The van der Waals surface area contributed by atoms with E-state index in [0.717, 1.165) is 0 Å². The number of aryl methyl sites for hydroxylation is 1. The molecule has 0 aliphatic heterocycles. The molecule has 0 saturated carbocycles. The van der Waals surface area contributed by atoms with Crippen LogP contribution in [-0.4, -0.2) is 16.2 Å². The maximum absolute atomic E-state index is 13.1. The quantitative estimate of drug-likeness (QED) is 0.820. The van der Waals surface area contributed by atoms with Gasteiger partial charge in [0.2, 0.25) is 0 Å². The summed E-state index contributed by atoms with van der Waals surface area (Å²) in [6.07, 6.45) is -0.268. The van der Waals surface area contributed by atoms with E-state index >= 15 is 0 Å². The first-order valence-electron chi connectivity index (χ1n) is 4.34. The summed E-state index contributed by atoms with van der Waals surface area (Å²) in [5, 5.41) is 12.6. The molecule has 1 aromatic heterocycles. The average Bonchev–Trinajstić information content (AvgIpc) is 2.48. The predicted octanol–water partition coefficient (Wildman–Crippen LogP) is 1.90. The van der Waals surface area contributed by atoms with Crippen LogP contribution in [0.4, 0.5) is 4.39 Å². The molecule has 5 heteroatoms. The van der Waals surface area contributed by atoms with Gasteiger partial charge in [0, 0.05) is 5.39 Å². The zero-order chi connectivity index (χ0) is 11.0. The van der Waals surface area contributed by atoms with Crippen LogP contribution in [0.5, 0.6) is 0 Å². The Kier molecular flexibility index (Phi) is 2.15. The number of fused-ring (bicyclic) bond motifs is 1. The van der Waals surface area contributed by atoms with Gasteiger partial charge in [0.1, 0.15) is 11.5 Å². The Balaban J connectivity index is 2.63. The fourth-order valence-electron chi connectivity index (χ4n) is 1.49. The number of benzene rings is 1. The third-order valence-electron chi connectivity index (χ3n) is 2.12. The number of hydrogen-bond donors (Lipinski definition) is 1. The molecule has 1 aromatic carbocycles. The molecule has 0 saturated heterocycles. The number of nitrogens with zero attached hydrogens (tertiary/aromatic N) is 1. The van der Waals surface area contributed by atoms with Gasteiger partial charge in [-0.15, -0.1) is 0 Å². The monoisotopic (exact) mass is 209 g/mol. The largest absolute Gasteiger partial charge is 0.481 e. The minimum absolute atomic E-state index is 0.250. The van der Waals surface area contributed by atoms with E-state index in [-0.39, 0.29) is 12.1 Å². The summed E-state index contributed by atoms with van der Waals surface area (Å²) in [6, 6.07) is 2.55. The highest BCUT2D eigenvalue weighted by atomic mass is 19.1. The molecule has 0 aliphatic rings. The molecule has 0 fully saturated rings. The molecule has 0 atom stereocenters. The van der Waals surface area contributed by atoms with Crippen LogP contribution in [0.15, 0.2) is 16.7 Å². The summed E-state index contributed by atoms with van der Waals surface area (Å²) in [5.74, 6) is -1.44. The molecular weight excluding hydrogens is 201 g/mol. The highest BCUT2D eigenvalue weighted by Crippen LogP contribution is 2.23. The Morgan fingerprint density at radius 1 is 1.60 bits per heavy atom. The number of hydrogen-bond acceptors (Lipinski definition) is 3. The van der Waals surface area contributed by atoms with E-state index < -0.39 is 11.8 Å². The van der Waals surface area contributed by atoms with E-state index in [0.29, 0.717) is 16.5 Å². The molecule has 2 aromatic rings. The molecule has 15 heavy (non-hydrogen) atoms. The van der Waals surface area contributed by atoms with Crippen molar-refractivity contribution in [2.24, 2.45) is 0 Å². The summed E-state index contributed by atoms with van der Waals surface area (Å²) in [4.78, 5) is 10.5. The second-order valence-corrected chi connectivity index (χ2v) is 3.30. The third kappa shape index (κ3) is 1.68. The van der Waals surface area contributed by atoms with E-state index in [4.69, 9.17) is 9.63 Å². The molecule has 2 rings (SSSR count). The predicted molar refractivity (Wildman–Crippen MR) is 50.0 cm³/mol. The zero-order valence-corrected chi connectivity index (χ0v) is 7.95. The van der Waals surface area contributed by atoms with Crippen molar-refractivity contribution in [3.63, 3.8) is 0 Å². The van der Waals surface area contributed by atoms with Crippen molar-refractivity contribution in [1.29, 1.82) is 0 Å².